The van der Waals surface area contributed by atoms with Gasteiger partial charge in [-0.3, -0.25) is 4.79 Å². The Morgan fingerprint density at radius 2 is 1.62 bits per heavy atom. The molecule has 34 heavy (non-hydrogen) atoms. The number of aromatic nitrogens is 3. The third-order valence-electron chi connectivity index (χ3n) is 5.30. The first-order valence-corrected chi connectivity index (χ1v) is 11.7. The lowest BCUT2D eigenvalue weighted by Crippen LogP contribution is -2.28. The first-order valence-electron chi connectivity index (χ1n) is 10.2. The summed E-state index contributed by atoms with van der Waals surface area (Å²) in [6, 6.07) is 9.82. The molecule has 0 unspecified atom stereocenters. The topological polar surface area (TPSA) is 97.2 Å². The zero-order valence-electron chi connectivity index (χ0n) is 17.6. The summed E-state index contributed by atoms with van der Waals surface area (Å²) in [5, 5.41) is 9.15. The van der Waals surface area contributed by atoms with Crippen molar-refractivity contribution in [2.75, 3.05) is 13.1 Å². The largest absolute Gasteiger partial charge is 0.435 e. The van der Waals surface area contributed by atoms with Crippen LogP contribution in [0.5, 0.6) is 0 Å². The highest BCUT2D eigenvalue weighted by Crippen LogP contribution is 2.32. The number of hydrogen-bond donors (Lipinski definition) is 1. The number of carbonyl (C=O) groups is 1. The molecule has 1 saturated heterocycles. The van der Waals surface area contributed by atoms with Crippen LogP contribution >= 0.6 is 0 Å². The van der Waals surface area contributed by atoms with E-state index in [2.05, 4.69) is 15.6 Å². The van der Waals surface area contributed by atoms with Crippen molar-refractivity contribution in [2.24, 2.45) is 0 Å². The molecule has 8 nitrogen and oxygen atoms in total. The molecule has 1 fully saturated rings. The highest BCUT2D eigenvalue weighted by Gasteiger charge is 2.42. The molecule has 0 bridgehead atoms. The first-order chi connectivity index (χ1) is 16.1. The molecule has 0 saturated carbocycles. The molecule has 1 amide bonds. The number of hydrogen-bond acceptors (Lipinski definition) is 5. The summed E-state index contributed by atoms with van der Waals surface area (Å²) in [4.78, 5) is 12.6. The highest BCUT2D eigenvalue weighted by molar-refractivity contribution is 7.89. The predicted molar refractivity (Wildman–Crippen MR) is 112 cm³/mol. The monoisotopic (exact) mass is 497 g/mol. The van der Waals surface area contributed by atoms with E-state index >= 15 is 0 Å². The van der Waals surface area contributed by atoms with E-state index in [1.54, 1.807) is 0 Å². The van der Waals surface area contributed by atoms with Crippen LogP contribution in [0.25, 0.3) is 5.69 Å². The highest BCUT2D eigenvalue weighted by atomic mass is 32.2. The minimum Gasteiger partial charge on any atom is -0.346 e. The number of nitrogens with one attached hydrogen (secondary N) is 1. The predicted octanol–water partition coefficient (Wildman–Crippen LogP) is 3.14. The summed E-state index contributed by atoms with van der Waals surface area (Å²) in [6.45, 7) is 0.754. The van der Waals surface area contributed by atoms with E-state index in [1.807, 2.05) is 0 Å². The molecule has 180 valence electrons. The van der Waals surface area contributed by atoms with E-state index in [1.165, 1.54) is 28.6 Å². The van der Waals surface area contributed by atoms with Crippen molar-refractivity contribution in [1.29, 1.82) is 0 Å². The maximum absolute atomic E-state index is 13.7. The van der Waals surface area contributed by atoms with E-state index in [9.17, 15) is 30.8 Å². The van der Waals surface area contributed by atoms with Gasteiger partial charge in [-0.05, 0) is 54.8 Å². The molecule has 3 aromatic rings. The van der Waals surface area contributed by atoms with Gasteiger partial charge in [0.05, 0.1) is 10.6 Å². The number of nitrogens with zero attached hydrogens (tertiary/aromatic N) is 4. The van der Waals surface area contributed by atoms with Gasteiger partial charge in [0.25, 0.3) is 5.91 Å². The number of rotatable bonds is 6. The zero-order chi connectivity index (χ0) is 24.5. The molecule has 0 radical (unpaired) electrons. The van der Waals surface area contributed by atoms with Crippen LogP contribution in [-0.4, -0.2) is 46.7 Å². The number of sulfonamides is 1. The van der Waals surface area contributed by atoms with Crippen LogP contribution in [-0.2, 0) is 22.7 Å². The van der Waals surface area contributed by atoms with Crippen LogP contribution in [0.4, 0.5) is 17.6 Å². The van der Waals surface area contributed by atoms with Crippen molar-refractivity contribution >= 4 is 15.9 Å². The Balaban J connectivity index is 1.50. The van der Waals surface area contributed by atoms with Gasteiger partial charge in [-0.15, -0.1) is 5.10 Å². The molecular formula is C21H19F4N5O3S. The van der Waals surface area contributed by atoms with Crippen molar-refractivity contribution < 1.29 is 30.8 Å². The van der Waals surface area contributed by atoms with Gasteiger partial charge in [0, 0.05) is 19.6 Å². The number of carbonyl (C=O) groups excluding carboxylic acids is 1. The Bertz CT molecular complexity index is 1280. The first kappa shape index (κ1) is 23.8. The molecule has 13 heteroatoms. The summed E-state index contributed by atoms with van der Waals surface area (Å²) < 4.78 is 81.2. The fraction of sp³-hybridized carbons (Fsp3) is 0.286. The van der Waals surface area contributed by atoms with Crippen LogP contribution in [0.3, 0.4) is 0 Å². The smallest absolute Gasteiger partial charge is 0.346 e. The number of halogens is 4. The minimum absolute atomic E-state index is 0.103. The van der Waals surface area contributed by atoms with Crippen molar-refractivity contribution in [1.82, 2.24) is 24.6 Å². The number of benzene rings is 2. The van der Waals surface area contributed by atoms with Crippen molar-refractivity contribution in [2.45, 2.75) is 30.5 Å². The number of amides is 1. The van der Waals surface area contributed by atoms with Crippen molar-refractivity contribution in [3.05, 3.63) is 71.3 Å². The Kier molecular flexibility index (Phi) is 6.41. The second-order valence-electron chi connectivity index (χ2n) is 7.61. The molecule has 4 rings (SSSR count). The average molecular weight is 497 g/mol. The minimum atomic E-state index is -4.96. The van der Waals surface area contributed by atoms with Crippen LogP contribution in [0.15, 0.2) is 53.4 Å². The van der Waals surface area contributed by atoms with Crippen molar-refractivity contribution in [3.8, 4) is 5.69 Å². The molecule has 1 aliphatic rings. The fourth-order valence-electron chi connectivity index (χ4n) is 3.58. The molecule has 0 atom stereocenters. The molecule has 2 aromatic carbocycles. The molecule has 1 N–H and O–H groups in total. The second-order valence-corrected chi connectivity index (χ2v) is 9.55. The summed E-state index contributed by atoms with van der Waals surface area (Å²) >= 11 is 0. The number of alkyl halides is 3. The molecular weight excluding hydrogens is 478 g/mol. The molecule has 0 aliphatic carbocycles. The summed E-state index contributed by atoms with van der Waals surface area (Å²) in [5.41, 5.74) is -1.97. The summed E-state index contributed by atoms with van der Waals surface area (Å²) in [7, 11) is -3.60. The summed E-state index contributed by atoms with van der Waals surface area (Å²) in [6.07, 6.45) is -3.36. The SMILES string of the molecule is O=C(NCc1ccc(S(=O)(=O)N2CCCC2)cc1)c1nnn(-c2ccc(F)cc2)c1C(F)(F)F. The Morgan fingerprint density at radius 1 is 1.00 bits per heavy atom. The van der Waals surface area contributed by atoms with E-state index in [4.69, 9.17) is 0 Å². The van der Waals surface area contributed by atoms with Gasteiger partial charge in [0.1, 0.15) is 5.82 Å². The van der Waals surface area contributed by atoms with Crippen LogP contribution in [0.2, 0.25) is 0 Å². The van der Waals surface area contributed by atoms with E-state index in [0.29, 0.717) is 23.3 Å². The maximum Gasteiger partial charge on any atom is 0.435 e. The van der Waals surface area contributed by atoms with Gasteiger partial charge in [-0.25, -0.2) is 17.5 Å². The lowest BCUT2D eigenvalue weighted by molar-refractivity contribution is -0.143. The van der Waals surface area contributed by atoms with E-state index < -0.39 is 39.3 Å². The van der Waals surface area contributed by atoms with E-state index in [-0.39, 0.29) is 17.1 Å². The Morgan fingerprint density at radius 3 is 2.21 bits per heavy atom. The maximum atomic E-state index is 13.7. The standard InChI is InChI=1S/C21H19F4N5O3S/c22-15-5-7-16(8-6-15)30-19(21(23,24)25)18(27-28-30)20(31)26-13-14-3-9-17(10-4-14)34(32,33)29-11-1-2-12-29/h3-10H,1-2,11-13H2,(H,26,31). The second kappa shape index (κ2) is 9.14. The van der Waals surface area contributed by atoms with Gasteiger partial charge in [-0.2, -0.15) is 17.5 Å². The molecule has 1 aromatic heterocycles. The van der Waals surface area contributed by atoms with Gasteiger partial charge in [0.2, 0.25) is 10.0 Å². The zero-order valence-corrected chi connectivity index (χ0v) is 18.4. The quantitative estimate of drug-likeness (QED) is 0.528. The summed E-state index contributed by atoms with van der Waals surface area (Å²) in [5.74, 6) is -1.76. The molecule has 2 heterocycles. The Hall–Kier alpha value is -3.32. The molecule has 0 spiro atoms. The molecule has 1 aliphatic heterocycles. The van der Waals surface area contributed by atoms with Crippen LogP contribution in [0, 0.1) is 5.82 Å². The van der Waals surface area contributed by atoms with E-state index in [0.717, 1.165) is 37.1 Å². The van der Waals surface area contributed by atoms with Gasteiger partial charge in [-0.1, -0.05) is 17.3 Å². The third-order valence-corrected chi connectivity index (χ3v) is 7.22. The van der Waals surface area contributed by atoms with Crippen LogP contribution in [0.1, 0.15) is 34.6 Å². The normalized spacial score (nSPS) is 14.9. The Labute approximate surface area is 192 Å². The van der Waals surface area contributed by atoms with Crippen molar-refractivity contribution in [3.63, 3.8) is 0 Å². The lowest BCUT2D eigenvalue weighted by Gasteiger charge is -2.15. The van der Waals surface area contributed by atoms with Gasteiger partial charge < -0.3 is 5.32 Å². The van der Waals surface area contributed by atoms with Gasteiger partial charge in [0.15, 0.2) is 11.4 Å². The fourth-order valence-corrected chi connectivity index (χ4v) is 5.09. The van der Waals surface area contributed by atoms with Gasteiger partial charge >= 0.3 is 6.18 Å². The van der Waals surface area contributed by atoms with Crippen LogP contribution < -0.4 is 5.32 Å². The third kappa shape index (κ3) is 4.80. The average Bonchev–Trinajstić information content (AvgIpc) is 3.49. The lowest BCUT2D eigenvalue weighted by atomic mass is 10.2.